The van der Waals surface area contributed by atoms with Gasteiger partial charge in [-0.25, -0.2) is 0 Å². The van der Waals surface area contributed by atoms with E-state index in [4.69, 9.17) is 0 Å². The fraction of sp³-hybridized carbons (Fsp3) is 0.968. The molecule has 0 saturated heterocycles. The van der Waals surface area contributed by atoms with Crippen molar-refractivity contribution in [1.82, 2.24) is 0 Å². The van der Waals surface area contributed by atoms with Gasteiger partial charge in [0.1, 0.15) is 6.29 Å². The molecular weight excluding hydrogens is 388 g/mol. The molecule has 32 heavy (non-hydrogen) atoms. The van der Waals surface area contributed by atoms with E-state index < -0.39 is 0 Å². The van der Waals surface area contributed by atoms with Gasteiger partial charge < -0.3 is 4.79 Å². The van der Waals surface area contributed by atoms with Crippen LogP contribution in [0.15, 0.2) is 0 Å². The van der Waals surface area contributed by atoms with Crippen molar-refractivity contribution >= 4 is 6.29 Å². The molecule has 0 aromatic heterocycles. The van der Waals surface area contributed by atoms with Crippen LogP contribution in [0.1, 0.15) is 193 Å². The Hall–Kier alpha value is -0.330. The Kier molecular flexibility index (Phi) is 30.4. The SMILES string of the molecule is CCCCCCCCCCCCCCCCCCCCCCCCCCCCCCC=O. The van der Waals surface area contributed by atoms with E-state index in [9.17, 15) is 4.79 Å². The van der Waals surface area contributed by atoms with Crippen molar-refractivity contribution in [3.05, 3.63) is 0 Å². The summed E-state index contributed by atoms with van der Waals surface area (Å²) in [6.07, 6.45) is 41.9. The summed E-state index contributed by atoms with van der Waals surface area (Å²) < 4.78 is 0. The fourth-order valence-electron chi connectivity index (χ4n) is 4.90. The van der Waals surface area contributed by atoms with E-state index in [1.54, 1.807) is 0 Å². The Bertz CT molecular complexity index is 324. The largest absolute Gasteiger partial charge is 0.303 e. The Balaban J connectivity index is 2.99. The van der Waals surface area contributed by atoms with E-state index in [1.807, 2.05) is 0 Å². The van der Waals surface area contributed by atoms with E-state index in [-0.39, 0.29) is 0 Å². The zero-order valence-electron chi connectivity index (χ0n) is 22.5. The minimum Gasteiger partial charge on any atom is -0.303 e. The maximum absolute atomic E-state index is 10.3. The van der Waals surface area contributed by atoms with Crippen LogP contribution in [0.2, 0.25) is 0 Å². The molecule has 0 aromatic carbocycles. The Morgan fingerprint density at radius 2 is 0.500 bits per heavy atom. The first kappa shape index (κ1) is 31.7. The summed E-state index contributed by atoms with van der Waals surface area (Å²) in [6, 6.07) is 0. The van der Waals surface area contributed by atoms with E-state index in [1.165, 1.54) is 173 Å². The zero-order chi connectivity index (χ0) is 23.2. The highest BCUT2D eigenvalue weighted by atomic mass is 16.1. The van der Waals surface area contributed by atoms with Crippen LogP contribution in [-0.4, -0.2) is 6.29 Å². The van der Waals surface area contributed by atoms with Crippen molar-refractivity contribution in [2.45, 2.75) is 193 Å². The predicted octanol–water partition coefficient (Wildman–Crippen LogP) is 11.5. The van der Waals surface area contributed by atoms with Crippen molar-refractivity contribution < 1.29 is 4.79 Å². The van der Waals surface area contributed by atoms with Gasteiger partial charge in [-0.1, -0.05) is 180 Å². The summed E-state index contributed by atoms with van der Waals surface area (Å²) >= 11 is 0. The third-order valence-corrected chi connectivity index (χ3v) is 7.18. The summed E-state index contributed by atoms with van der Waals surface area (Å²) in [5, 5.41) is 0. The van der Waals surface area contributed by atoms with E-state index in [0.29, 0.717) is 0 Å². The standard InChI is InChI=1S/C31H62O/c1-2-3-4-5-6-7-8-9-10-11-12-13-14-15-16-17-18-19-20-21-22-23-24-25-26-27-28-29-30-31-32/h31H,2-30H2,1H3. The van der Waals surface area contributed by atoms with Crippen LogP contribution in [0, 0.1) is 0 Å². The van der Waals surface area contributed by atoms with Crippen LogP contribution in [0.3, 0.4) is 0 Å². The molecule has 0 aliphatic heterocycles. The predicted molar refractivity (Wildman–Crippen MR) is 146 cm³/mol. The van der Waals surface area contributed by atoms with Gasteiger partial charge in [0.15, 0.2) is 0 Å². The maximum Gasteiger partial charge on any atom is 0.119 e. The molecule has 1 heteroatoms. The summed E-state index contributed by atoms with van der Waals surface area (Å²) in [5.74, 6) is 0. The number of hydrogen-bond donors (Lipinski definition) is 0. The average Bonchev–Trinajstić information content (AvgIpc) is 2.81. The molecule has 0 amide bonds. The van der Waals surface area contributed by atoms with Crippen LogP contribution in [0.5, 0.6) is 0 Å². The van der Waals surface area contributed by atoms with Crippen molar-refractivity contribution in [3.8, 4) is 0 Å². The Morgan fingerprint density at radius 1 is 0.312 bits per heavy atom. The van der Waals surface area contributed by atoms with E-state index in [0.717, 1.165) is 19.1 Å². The quantitative estimate of drug-likeness (QED) is 0.0817. The van der Waals surface area contributed by atoms with Gasteiger partial charge in [0.25, 0.3) is 0 Å². The van der Waals surface area contributed by atoms with Crippen LogP contribution >= 0.6 is 0 Å². The molecule has 0 unspecified atom stereocenters. The monoisotopic (exact) mass is 450 g/mol. The second kappa shape index (κ2) is 30.7. The highest BCUT2D eigenvalue weighted by Crippen LogP contribution is 2.16. The molecule has 0 spiro atoms. The molecular formula is C31H62O. The highest BCUT2D eigenvalue weighted by molar-refractivity contribution is 5.48. The molecule has 0 aliphatic rings. The molecule has 0 aromatic rings. The lowest BCUT2D eigenvalue weighted by Gasteiger charge is -2.04. The van der Waals surface area contributed by atoms with Gasteiger partial charge >= 0.3 is 0 Å². The van der Waals surface area contributed by atoms with E-state index >= 15 is 0 Å². The Labute approximate surface area is 204 Å². The minimum absolute atomic E-state index is 0.763. The first-order valence-electron chi connectivity index (χ1n) is 15.4. The Morgan fingerprint density at radius 3 is 0.688 bits per heavy atom. The normalized spacial score (nSPS) is 11.3. The summed E-state index contributed by atoms with van der Waals surface area (Å²) in [5.41, 5.74) is 0. The van der Waals surface area contributed by atoms with Gasteiger partial charge in [-0.2, -0.15) is 0 Å². The molecule has 192 valence electrons. The molecule has 0 bridgehead atoms. The second-order valence-electron chi connectivity index (χ2n) is 10.5. The molecule has 0 N–H and O–H groups in total. The van der Waals surface area contributed by atoms with Gasteiger partial charge in [-0.3, -0.25) is 0 Å². The lowest BCUT2D eigenvalue weighted by Crippen LogP contribution is -1.85. The summed E-state index contributed by atoms with van der Waals surface area (Å²) in [6.45, 7) is 2.30. The number of carbonyl (C=O) groups is 1. The van der Waals surface area contributed by atoms with Crippen LogP contribution < -0.4 is 0 Å². The molecule has 0 saturated carbocycles. The average molecular weight is 451 g/mol. The number of rotatable bonds is 29. The van der Waals surface area contributed by atoms with Gasteiger partial charge in [0.2, 0.25) is 0 Å². The van der Waals surface area contributed by atoms with Crippen LogP contribution in [0.4, 0.5) is 0 Å². The highest BCUT2D eigenvalue weighted by Gasteiger charge is 1.96. The zero-order valence-corrected chi connectivity index (χ0v) is 22.5. The maximum atomic E-state index is 10.3. The minimum atomic E-state index is 0.763. The number of carbonyl (C=O) groups excluding carboxylic acids is 1. The number of hydrogen-bond acceptors (Lipinski definition) is 1. The van der Waals surface area contributed by atoms with Gasteiger partial charge in [0, 0.05) is 6.42 Å². The van der Waals surface area contributed by atoms with Crippen molar-refractivity contribution in [2.24, 2.45) is 0 Å². The molecule has 1 nitrogen and oxygen atoms in total. The number of aldehydes is 1. The third kappa shape index (κ3) is 29.7. The third-order valence-electron chi connectivity index (χ3n) is 7.18. The first-order chi connectivity index (χ1) is 15.9. The molecule has 0 aliphatic carbocycles. The van der Waals surface area contributed by atoms with Gasteiger partial charge in [-0.05, 0) is 6.42 Å². The molecule has 0 radical (unpaired) electrons. The smallest absolute Gasteiger partial charge is 0.119 e. The van der Waals surface area contributed by atoms with Crippen molar-refractivity contribution in [3.63, 3.8) is 0 Å². The van der Waals surface area contributed by atoms with E-state index in [2.05, 4.69) is 6.92 Å². The lowest BCUT2D eigenvalue weighted by molar-refractivity contribution is -0.107. The fourth-order valence-corrected chi connectivity index (χ4v) is 4.90. The first-order valence-corrected chi connectivity index (χ1v) is 15.4. The summed E-state index contributed by atoms with van der Waals surface area (Å²) in [4.78, 5) is 10.3. The molecule has 0 heterocycles. The van der Waals surface area contributed by atoms with Crippen molar-refractivity contribution in [2.75, 3.05) is 0 Å². The summed E-state index contributed by atoms with van der Waals surface area (Å²) in [7, 11) is 0. The van der Waals surface area contributed by atoms with Crippen LogP contribution in [-0.2, 0) is 4.79 Å². The van der Waals surface area contributed by atoms with Crippen LogP contribution in [0.25, 0.3) is 0 Å². The van der Waals surface area contributed by atoms with Gasteiger partial charge in [0.05, 0.1) is 0 Å². The van der Waals surface area contributed by atoms with Gasteiger partial charge in [-0.15, -0.1) is 0 Å². The van der Waals surface area contributed by atoms with Crippen molar-refractivity contribution in [1.29, 1.82) is 0 Å². The molecule has 0 atom stereocenters. The molecule has 0 fully saturated rings. The lowest BCUT2D eigenvalue weighted by atomic mass is 10.0. The number of unbranched alkanes of at least 4 members (excludes halogenated alkanes) is 28. The molecule has 0 rings (SSSR count). The topological polar surface area (TPSA) is 17.1 Å². The second-order valence-corrected chi connectivity index (χ2v) is 10.5.